The first kappa shape index (κ1) is 13.9. The smallest absolute Gasteiger partial charge is 0.134 e. The molecule has 3 rings (SSSR count). The summed E-state index contributed by atoms with van der Waals surface area (Å²) in [6, 6.07) is 2.04. The Labute approximate surface area is 124 Å². The van der Waals surface area contributed by atoms with Gasteiger partial charge in [0.1, 0.15) is 18.0 Å². The fourth-order valence-electron chi connectivity index (χ4n) is 2.89. The van der Waals surface area contributed by atoms with Gasteiger partial charge in [-0.05, 0) is 25.2 Å². The number of anilines is 2. The van der Waals surface area contributed by atoms with Crippen molar-refractivity contribution in [2.45, 2.75) is 25.4 Å². The maximum absolute atomic E-state index is 9.55. The van der Waals surface area contributed by atoms with Crippen molar-refractivity contribution in [1.82, 2.24) is 9.97 Å². The van der Waals surface area contributed by atoms with Crippen LogP contribution < -0.4 is 10.2 Å². The zero-order valence-electron chi connectivity index (χ0n) is 11.7. The van der Waals surface area contributed by atoms with Gasteiger partial charge in [-0.1, -0.05) is 0 Å². The zero-order valence-corrected chi connectivity index (χ0v) is 12.5. The molecule has 1 aliphatic heterocycles. The first-order chi connectivity index (χ1) is 9.81. The van der Waals surface area contributed by atoms with Crippen molar-refractivity contribution in [3.05, 3.63) is 12.4 Å². The molecular formula is C14H22N4OS. The molecule has 0 spiro atoms. The van der Waals surface area contributed by atoms with Crippen LogP contribution in [0.4, 0.5) is 11.6 Å². The van der Waals surface area contributed by atoms with Gasteiger partial charge in [-0.15, -0.1) is 0 Å². The second kappa shape index (κ2) is 6.63. The molecule has 110 valence electrons. The molecule has 0 amide bonds. The summed E-state index contributed by atoms with van der Waals surface area (Å²) in [6.45, 7) is 3.02. The fraction of sp³-hybridized carbons (Fsp3) is 0.714. The number of hydrogen-bond acceptors (Lipinski definition) is 6. The van der Waals surface area contributed by atoms with Gasteiger partial charge >= 0.3 is 0 Å². The minimum Gasteiger partial charge on any atom is -0.393 e. The summed E-state index contributed by atoms with van der Waals surface area (Å²) in [5, 5.41) is 12.9. The van der Waals surface area contributed by atoms with Crippen molar-refractivity contribution < 1.29 is 5.11 Å². The van der Waals surface area contributed by atoms with Crippen LogP contribution in [-0.2, 0) is 0 Å². The summed E-state index contributed by atoms with van der Waals surface area (Å²) >= 11 is 2.00. The summed E-state index contributed by atoms with van der Waals surface area (Å²) in [7, 11) is 0. The second-order valence-electron chi connectivity index (χ2n) is 5.57. The van der Waals surface area contributed by atoms with Gasteiger partial charge in [0, 0.05) is 37.2 Å². The van der Waals surface area contributed by atoms with Gasteiger partial charge in [0.15, 0.2) is 0 Å². The van der Waals surface area contributed by atoms with Crippen LogP contribution in [0.15, 0.2) is 12.4 Å². The highest BCUT2D eigenvalue weighted by atomic mass is 32.2. The summed E-state index contributed by atoms with van der Waals surface area (Å²) in [5.74, 6) is 4.83. The number of thioether (sulfide) groups is 1. The van der Waals surface area contributed by atoms with E-state index in [1.165, 1.54) is 11.5 Å². The van der Waals surface area contributed by atoms with Crippen molar-refractivity contribution in [3.63, 3.8) is 0 Å². The predicted molar refractivity (Wildman–Crippen MR) is 83.4 cm³/mol. The van der Waals surface area contributed by atoms with Crippen LogP contribution >= 0.6 is 11.8 Å². The molecule has 2 aliphatic rings. The van der Waals surface area contributed by atoms with Crippen LogP contribution in [0.1, 0.15) is 19.3 Å². The van der Waals surface area contributed by atoms with Crippen LogP contribution in [0, 0.1) is 5.92 Å². The lowest BCUT2D eigenvalue weighted by Gasteiger charge is -2.27. The molecule has 6 heteroatoms. The summed E-state index contributed by atoms with van der Waals surface area (Å²) in [5.41, 5.74) is 0. The standard InChI is InChI=1S/C14H22N4OS/c19-12-2-1-11(7-12)9-15-13-8-14(17-10-16-13)18-3-5-20-6-4-18/h8,10-12,19H,1-7,9H2,(H,15,16,17). The van der Waals surface area contributed by atoms with E-state index in [-0.39, 0.29) is 6.10 Å². The van der Waals surface area contributed by atoms with Crippen LogP contribution in [0.2, 0.25) is 0 Å². The molecule has 1 aromatic rings. The predicted octanol–water partition coefficient (Wildman–Crippen LogP) is 1.60. The summed E-state index contributed by atoms with van der Waals surface area (Å²) in [4.78, 5) is 11.0. The third kappa shape index (κ3) is 3.55. The molecule has 20 heavy (non-hydrogen) atoms. The molecule has 1 aromatic heterocycles. The number of aromatic nitrogens is 2. The molecule has 0 aromatic carbocycles. The fourth-order valence-corrected chi connectivity index (χ4v) is 3.80. The van der Waals surface area contributed by atoms with Gasteiger partial charge in [0.25, 0.3) is 0 Å². The number of nitrogens with zero attached hydrogens (tertiary/aromatic N) is 3. The van der Waals surface area contributed by atoms with Gasteiger partial charge in [0.2, 0.25) is 0 Å². The third-order valence-electron chi connectivity index (χ3n) is 4.07. The molecule has 2 unspecified atom stereocenters. The molecular weight excluding hydrogens is 272 g/mol. The minimum atomic E-state index is -0.103. The topological polar surface area (TPSA) is 61.3 Å². The highest BCUT2D eigenvalue weighted by Gasteiger charge is 2.22. The molecule has 1 aliphatic carbocycles. The third-order valence-corrected chi connectivity index (χ3v) is 5.02. The summed E-state index contributed by atoms with van der Waals surface area (Å²) in [6.07, 6.45) is 4.49. The molecule has 2 fully saturated rings. The number of aliphatic hydroxyl groups is 1. The molecule has 1 saturated heterocycles. The number of nitrogens with one attached hydrogen (secondary N) is 1. The van der Waals surface area contributed by atoms with E-state index in [1.54, 1.807) is 6.33 Å². The monoisotopic (exact) mass is 294 g/mol. The lowest BCUT2D eigenvalue weighted by Crippen LogP contribution is -2.33. The van der Waals surface area contributed by atoms with E-state index in [9.17, 15) is 5.11 Å². The highest BCUT2D eigenvalue weighted by molar-refractivity contribution is 7.99. The Hall–Kier alpha value is -1.01. The van der Waals surface area contributed by atoms with E-state index in [4.69, 9.17) is 0 Å². The first-order valence-corrected chi connectivity index (χ1v) is 8.53. The Morgan fingerprint density at radius 1 is 1.30 bits per heavy atom. The number of hydrogen-bond donors (Lipinski definition) is 2. The van der Waals surface area contributed by atoms with Gasteiger partial charge in [0.05, 0.1) is 6.10 Å². The van der Waals surface area contributed by atoms with Gasteiger partial charge in [-0.2, -0.15) is 11.8 Å². The van der Waals surface area contributed by atoms with Gasteiger partial charge in [-0.25, -0.2) is 9.97 Å². The van der Waals surface area contributed by atoms with Crippen molar-refractivity contribution in [2.24, 2.45) is 5.92 Å². The Kier molecular flexibility index (Phi) is 4.62. The largest absolute Gasteiger partial charge is 0.393 e. The Morgan fingerprint density at radius 3 is 2.90 bits per heavy atom. The zero-order chi connectivity index (χ0) is 13.8. The normalized spacial score (nSPS) is 26.8. The highest BCUT2D eigenvalue weighted by Crippen LogP contribution is 2.26. The molecule has 0 bridgehead atoms. The Morgan fingerprint density at radius 2 is 2.15 bits per heavy atom. The van der Waals surface area contributed by atoms with Crippen molar-refractivity contribution in [1.29, 1.82) is 0 Å². The maximum atomic E-state index is 9.55. The molecule has 5 nitrogen and oxygen atoms in total. The molecule has 2 N–H and O–H groups in total. The number of aliphatic hydroxyl groups excluding tert-OH is 1. The SMILES string of the molecule is OC1CCC(CNc2cc(N3CCSCC3)ncn2)C1. The molecule has 2 atom stereocenters. The van der Waals surface area contributed by atoms with Crippen LogP contribution in [0.5, 0.6) is 0 Å². The molecule has 0 radical (unpaired) electrons. The second-order valence-corrected chi connectivity index (χ2v) is 6.80. The Bertz CT molecular complexity index is 439. The van der Waals surface area contributed by atoms with E-state index >= 15 is 0 Å². The maximum Gasteiger partial charge on any atom is 0.134 e. The van der Waals surface area contributed by atoms with E-state index in [2.05, 4.69) is 20.2 Å². The summed E-state index contributed by atoms with van der Waals surface area (Å²) < 4.78 is 0. The molecule has 2 heterocycles. The van der Waals surface area contributed by atoms with Crippen molar-refractivity contribution in [3.8, 4) is 0 Å². The van der Waals surface area contributed by atoms with Gasteiger partial charge in [-0.3, -0.25) is 0 Å². The first-order valence-electron chi connectivity index (χ1n) is 7.38. The van der Waals surface area contributed by atoms with Crippen LogP contribution in [0.3, 0.4) is 0 Å². The van der Waals surface area contributed by atoms with Gasteiger partial charge < -0.3 is 15.3 Å². The van der Waals surface area contributed by atoms with Crippen LogP contribution in [-0.4, -0.2) is 52.3 Å². The lowest BCUT2D eigenvalue weighted by atomic mass is 10.1. The molecule has 1 saturated carbocycles. The van der Waals surface area contributed by atoms with E-state index in [0.717, 1.165) is 50.5 Å². The van der Waals surface area contributed by atoms with Crippen molar-refractivity contribution >= 4 is 23.4 Å². The lowest BCUT2D eigenvalue weighted by molar-refractivity contribution is 0.178. The van der Waals surface area contributed by atoms with E-state index in [1.807, 2.05) is 17.8 Å². The average molecular weight is 294 g/mol. The van der Waals surface area contributed by atoms with Crippen LogP contribution in [0.25, 0.3) is 0 Å². The number of rotatable bonds is 4. The average Bonchev–Trinajstić information content (AvgIpc) is 2.92. The minimum absolute atomic E-state index is 0.103. The van der Waals surface area contributed by atoms with Crippen molar-refractivity contribution in [2.75, 3.05) is 41.4 Å². The van der Waals surface area contributed by atoms with E-state index < -0.39 is 0 Å². The van der Waals surface area contributed by atoms with E-state index in [0.29, 0.717) is 5.92 Å². The quantitative estimate of drug-likeness (QED) is 0.879. The Balaban J connectivity index is 1.56.